The lowest BCUT2D eigenvalue weighted by Gasteiger charge is -2.19. The van der Waals surface area contributed by atoms with Gasteiger partial charge in [-0.2, -0.15) is 5.10 Å². The molecular weight excluding hydrogens is 292 g/mol. The van der Waals surface area contributed by atoms with Gasteiger partial charge in [0.1, 0.15) is 11.4 Å². The van der Waals surface area contributed by atoms with E-state index in [1.54, 1.807) is 6.20 Å². The van der Waals surface area contributed by atoms with Gasteiger partial charge in [-0.1, -0.05) is 29.8 Å². The highest BCUT2D eigenvalue weighted by atomic mass is 16.6. The number of carbonyl (C=O) groups excluding carboxylic acids is 1. The molecule has 0 saturated heterocycles. The lowest BCUT2D eigenvalue weighted by atomic mass is 10.1. The maximum Gasteiger partial charge on any atom is 0.413 e. The lowest BCUT2D eigenvalue weighted by molar-refractivity contribution is 0.0635. The number of benzene rings is 1. The Morgan fingerprint density at radius 1 is 1.30 bits per heavy atom. The molecule has 0 bridgehead atoms. The fourth-order valence-corrected chi connectivity index (χ4v) is 2.12. The molecule has 0 spiro atoms. The van der Waals surface area contributed by atoms with E-state index in [1.165, 1.54) is 11.1 Å². The topological polar surface area (TPSA) is 79.0 Å². The number of ether oxygens (including phenoxy) is 1. The van der Waals surface area contributed by atoms with Gasteiger partial charge in [-0.15, -0.1) is 0 Å². The minimum absolute atomic E-state index is 0.498. The van der Waals surface area contributed by atoms with Crippen molar-refractivity contribution in [3.05, 3.63) is 47.2 Å². The van der Waals surface area contributed by atoms with Crippen molar-refractivity contribution >= 4 is 11.9 Å². The summed E-state index contributed by atoms with van der Waals surface area (Å²) in [7, 11) is 0. The van der Waals surface area contributed by atoms with Crippen LogP contribution in [0, 0.1) is 6.92 Å². The first kappa shape index (κ1) is 17.0. The number of hydrogen-bond donors (Lipinski definition) is 3. The van der Waals surface area contributed by atoms with Gasteiger partial charge in [-0.05, 0) is 33.3 Å². The third-order valence-electron chi connectivity index (χ3n) is 3.07. The predicted molar refractivity (Wildman–Crippen MR) is 90.2 cm³/mol. The Labute approximate surface area is 136 Å². The first-order valence-electron chi connectivity index (χ1n) is 7.62. The number of H-pyrrole nitrogens is 1. The number of nitrogens with zero attached hydrogens (tertiary/aromatic N) is 1. The van der Waals surface area contributed by atoms with Crippen LogP contribution in [0.1, 0.15) is 37.5 Å². The van der Waals surface area contributed by atoms with Crippen LogP contribution in [0.2, 0.25) is 0 Å². The average Bonchev–Trinajstić information content (AvgIpc) is 2.84. The summed E-state index contributed by atoms with van der Waals surface area (Å²) in [5.41, 5.74) is 2.80. The van der Waals surface area contributed by atoms with E-state index in [9.17, 15) is 4.79 Å². The van der Waals surface area contributed by atoms with Gasteiger partial charge in [-0.3, -0.25) is 10.4 Å². The van der Waals surface area contributed by atoms with Gasteiger partial charge in [-0.25, -0.2) is 4.79 Å². The summed E-state index contributed by atoms with van der Waals surface area (Å²) in [6.07, 6.45) is 1.19. The zero-order chi connectivity index (χ0) is 16.9. The van der Waals surface area contributed by atoms with Crippen molar-refractivity contribution in [3.63, 3.8) is 0 Å². The Kier molecular flexibility index (Phi) is 5.39. The molecule has 0 fully saturated rings. The smallest absolute Gasteiger partial charge is 0.413 e. The quantitative estimate of drug-likeness (QED) is 0.790. The zero-order valence-corrected chi connectivity index (χ0v) is 14.1. The summed E-state index contributed by atoms with van der Waals surface area (Å²) < 4.78 is 5.23. The molecule has 0 aliphatic rings. The molecule has 2 aromatic rings. The fourth-order valence-electron chi connectivity index (χ4n) is 2.12. The molecule has 0 aliphatic heterocycles. The molecule has 0 saturated carbocycles. The third kappa shape index (κ3) is 5.75. The van der Waals surface area contributed by atoms with Crippen LogP contribution in [0.4, 0.5) is 10.6 Å². The number of aryl methyl sites for hydroxylation is 1. The van der Waals surface area contributed by atoms with Crippen LogP contribution in [0.5, 0.6) is 0 Å². The number of amides is 1. The Morgan fingerprint density at radius 2 is 2.09 bits per heavy atom. The number of anilines is 1. The number of aromatic nitrogens is 2. The summed E-state index contributed by atoms with van der Waals surface area (Å²) >= 11 is 0. The summed E-state index contributed by atoms with van der Waals surface area (Å²) in [4.78, 5) is 11.8. The van der Waals surface area contributed by atoms with Crippen molar-refractivity contribution in [2.75, 3.05) is 5.32 Å². The number of rotatable bonds is 5. The largest absolute Gasteiger partial charge is 0.444 e. The van der Waals surface area contributed by atoms with Crippen LogP contribution in [0.25, 0.3) is 0 Å². The van der Waals surface area contributed by atoms with Gasteiger partial charge in [0, 0.05) is 18.7 Å². The van der Waals surface area contributed by atoms with Gasteiger partial charge >= 0.3 is 6.09 Å². The first-order chi connectivity index (χ1) is 10.8. The van der Waals surface area contributed by atoms with Gasteiger partial charge in [0.05, 0.1) is 6.20 Å². The van der Waals surface area contributed by atoms with Gasteiger partial charge in [0.25, 0.3) is 0 Å². The van der Waals surface area contributed by atoms with E-state index < -0.39 is 11.7 Å². The molecule has 124 valence electrons. The van der Waals surface area contributed by atoms with Crippen molar-refractivity contribution in [1.29, 1.82) is 0 Å². The summed E-state index contributed by atoms with van der Waals surface area (Å²) in [5, 5.41) is 12.8. The minimum Gasteiger partial charge on any atom is -0.444 e. The molecule has 3 N–H and O–H groups in total. The van der Waals surface area contributed by atoms with E-state index in [1.807, 2.05) is 26.8 Å². The van der Waals surface area contributed by atoms with Crippen molar-refractivity contribution in [3.8, 4) is 0 Å². The number of carbonyl (C=O) groups is 1. The van der Waals surface area contributed by atoms with Crippen LogP contribution >= 0.6 is 0 Å². The molecule has 6 nitrogen and oxygen atoms in total. The summed E-state index contributed by atoms with van der Waals surface area (Å²) in [5.74, 6) is 0.552. The highest BCUT2D eigenvalue weighted by molar-refractivity contribution is 5.84. The van der Waals surface area contributed by atoms with Crippen molar-refractivity contribution in [2.24, 2.45) is 0 Å². The van der Waals surface area contributed by atoms with E-state index in [2.05, 4.69) is 46.0 Å². The highest BCUT2D eigenvalue weighted by Gasteiger charge is 2.17. The molecule has 1 amide bonds. The highest BCUT2D eigenvalue weighted by Crippen LogP contribution is 2.14. The van der Waals surface area contributed by atoms with Crippen molar-refractivity contribution < 1.29 is 9.53 Å². The Bertz CT molecular complexity index is 659. The number of nitrogens with one attached hydrogen (secondary N) is 3. The van der Waals surface area contributed by atoms with Crippen LogP contribution in [-0.2, 0) is 17.8 Å². The molecule has 1 aromatic carbocycles. The number of aromatic amines is 1. The van der Waals surface area contributed by atoms with Gasteiger partial charge in [0.2, 0.25) is 0 Å². The van der Waals surface area contributed by atoms with Gasteiger partial charge < -0.3 is 10.1 Å². The van der Waals surface area contributed by atoms with Crippen molar-refractivity contribution in [1.82, 2.24) is 15.5 Å². The molecule has 2 rings (SSSR count). The number of hydrogen-bond acceptors (Lipinski definition) is 4. The van der Waals surface area contributed by atoms with Crippen LogP contribution in [0.15, 0.2) is 30.5 Å². The van der Waals surface area contributed by atoms with E-state index in [-0.39, 0.29) is 0 Å². The minimum atomic E-state index is -0.534. The molecule has 1 aromatic heterocycles. The Balaban J connectivity index is 1.87. The first-order valence-corrected chi connectivity index (χ1v) is 7.62. The van der Waals surface area contributed by atoms with Gasteiger partial charge in [0.15, 0.2) is 0 Å². The summed E-state index contributed by atoms with van der Waals surface area (Å²) in [6.45, 7) is 8.88. The van der Waals surface area contributed by atoms with E-state index in [0.717, 1.165) is 12.1 Å². The second-order valence-corrected chi connectivity index (χ2v) is 6.49. The second kappa shape index (κ2) is 7.28. The zero-order valence-electron chi connectivity index (χ0n) is 14.1. The SMILES string of the molecule is Cc1cccc(CNCc2cn[nH]c2NC(=O)OC(C)(C)C)c1. The lowest BCUT2D eigenvalue weighted by Crippen LogP contribution is -2.27. The van der Waals surface area contributed by atoms with E-state index >= 15 is 0 Å². The molecule has 23 heavy (non-hydrogen) atoms. The summed E-state index contributed by atoms with van der Waals surface area (Å²) in [6, 6.07) is 8.33. The molecular formula is C17H24N4O2. The fraction of sp³-hybridized carbons (Fsp3) is 0.412. The standard InChI is InChI=1S/C17H24N4O2/c1-12-6-5-7-13(8-12)9-18-10-14-11-19-21-15(14)20-16(22)23-17(2,3)4/h5-8,11,18H,9-10H2,1-4H3,(H2,19,20,21,22). The van der Waals surface area contributed by atoms with E-state index in [0.29, 0.717) is 12.4 Å². The predicted octanol–water partition coefficient (Wildman–Crippen LogP) is 3.35. The maximum atomic E-state index is 11.8. The van der Waals surface area contributed by atoms with Crippen LogP contribution in [-0.4, -0.2) is 21.9 Å². The van der Waals surface area contributed by atoms with E-state index in [4.69, 9.17) is 4.74 Å². The second-order valence-electron chi connectivity index (χ2n) is 6.49. The maximum absolute atomic E-state index is 11.8. The molecule has 0 radical (unpaired) electrons. The Morgan fingerprint density at radius 3 is 2.78 bits per heavy atom. The Hall–Kier alpha value is -2.34. The van der Waals surface area contributed by atoms with Crippen molar-refractivity contribution in [2.45, 2.75) is 46.4 Å². The monoisotopic (exact) mass is 316 g/mol. The third-order valence-corrected chi connectivity index (χ3v) is 3.07. The molecule has 6 heteroatoms. The molecule has 0 unspecified atom stereocenters. The van der Waals surface area contributed by atoms with Crippen LogP contribution in [0.3, 0.4) is 0 Å². The average molecular weight is 316 g/mol. The molecule has 0 aliphatic carbocycles. The molecule has 0 atom stereocenters. The van der Waals surface area contributed by atoms with Crippen LogP contribution < -0.4 is 10.6 Å². The normalized spacial score (nSPS) is 11.3. The molecule has 1 heterocycles.